The maximum absolute atomic E-state index is 5.76. The summed E-state index contributed by atoms with van der Waals surface area (Å²) in [6.45, 7) is 4.10. The summed E-state index contributed by atoms with van der Waals surface area (Å²) < 4.78 is 5.30. The van der Waals surface area contributed by atoms with E-state index < -0.39 is 0 Å². The first-order chi connectivity index (χ1) is 6.92. The minimum atomic E-state index is 0.251. The molecule has 78 valence electrons. The number of aromatic amines is 1. The molecule has 2 heterocycles. The number of nitrogens with two attached hydrogens (primary N) is 1. The third-order valence-electron chi connectivity index (χ3n) is 2.59. The van der Waals surface area contributed by atoms with Crippen LogP contribution in [-0.4, -0.2) is 47.9 Å². The molecule has 0 spiro atoms. The van der Waals surface area contributed by atoms with Crippen molar-refractivity contribution in [3.05, 3.63) is 18.0 Å². The number of rotatable bonds is 3. The first kappa shape index (κ1) is 9.64. The van der Waals surface area contributed by atoms with Crippen molar-refractivity contribution in [1.82, 2.24) is 15.1 Å². The van der Waals surface area contributed by atoms with Crippen LogP contribution in [0.2, 0.25) is 0 Å². The second-order valence-corrected chi connectivity index (χ2v) is 3.41. The van der Waals surface area contributed by atoms with E-state index in [1.807, 2.05) is 6.07 Å². The largest absolute Gasteiger partial charge is 0.379 e. The standard InChI is InChI=1S/C9H16N4O/c10-7-9(8-1-2-11-12-8)13-3-5-14-6-4-13/h1-2,9H,3-7,10H2,(H,11,12). The first-order valence-corrected chi connectivity index (χ1v) is 4.93. The van der Waals surface area contributed by atoms with E-state index in [2.05, 4.69) is 15.1 Å². The molecule has 1 aliphatic rings. The van der Waals surface area contributed by atoms with Gasteiger partial charge in [-0.15, -0.1) is 0 Å². The Labute approximate surface area is 83.2 Å². The molecule has 0 radical (unpaired) electrons. The number of aromatic nitrogens is 2. The molecule has 3 N–H and O–H groups in total. The maximum atomic E-state index is 5.76. The highest BCUT2D eigenvalue weighted by Crippen LogP contribution is 2.17. The van der Waals surface area contributed by atoms with Crippen LogP contribution in [0.4, 0.5) is 0 Å². The number of morpholine rings is 1. The fourth-order valence-electron chi connectivity index (χ4n) is 1.81. The SMILES string of the molecule is NCC(c1ccn[nH]1)N1CCOCC1. The van der Waals surface area contributed by atoms with Crippen molar-refractivity contribution in [3.8, 4) is 0 Å². The van der Waals surface area contributed by atoms with Gasteiger partial charge in [0, 0.05) is 25.8 Å². The van der Waals surface area contributed by atoms with Crippen molar-refractivity contribution >= 4 is 0 Å². The van der Waals surface area contributed by atoms with E-state index in [9.17, 15) is 0 Å². The Kier molecular flexibility index (Phi) is 3.13. The van der Waals surface area contributed by atoms with E-state index in [1.54, 1.807) is 6.20 Å². The topological polar surface area (TPSA) is 67.2 Å². The Hall–Kier alpha value is -0.910. The first-order valence-electron chi connectivity index (χ1n) is 4.93. The van der Waals surface area contributed by atoms with E-state index in [-0.39, 0.29) is 6.04 Å². The molecule has 0 aliphatic carbocycles. The van der Waals surface area contributed by atoms with Crippen molar-refractivity contribution in [2.24, 2.45) is 5.73 Å². The summed E-state index contributed by atoms with van der Waals surface area (Å²) in [4.78, 5) is 2.33. The number of H-pyrrole nitrogens is 1. The molecule has 1 atom stereocenters. The molecule has 1 unspecified atom stereocenters. The molecular weight excluding hydrogens is 180 g/mol. The van der Waals surface area contributed by atoms with Gasteiger partial charge in [0.1, 0.15) is 0 Å². The summed E-state index contributed by atoms with van der Waals surface area (Å²) in [5, 5.41) is 6.92. The lowest BCUT2D eigenvalue weighted by molar-refractivity contribution is 0.0170. The van der Waals surface area contributed by atoms with Crippen LogP contribution < -0.4 is 5.73 Å². The van der Waals surface area contributed by atoms with Gasteiger partial charge < -0.3 is 10.5 Å². The minimum absolute atomic E-state index is 0.251. The molecule has 0 aromatic carbocycles. The normalized spacial score (nSPS) is 20.9. The smallest absolute Gasteiger partial charge is 0.0640 e. The van der Waals surface area contributed by atoms with Crippen molar-refractivity contribution in [2.75, 3.05) is 32.8 Å². The average molecular weight is 196 g/mol. The van der Waals surface area contributed by atoms with E-state index in [4.69, 9.17) is 10.5 Å². The monoisotopic (exact) mass is 196 g/mol. The Bertz CT molecular complexity index is 256. The van der Waals surface area contributed by atoms with Crippen molar-refractivity contribution in [1.29, 1.82) is 0 Å². The predicted molar refractivity (Wildman–Crippen MR) is 52.8 cm³/mol. The zero-order valence-electron chi connectivity index (χ0n) is 8.15. The van der Waals surface area contributed by atoms with Gasteiger partial charge >= 0.3 is 0 Å². The molecule has 5 heteroatoms. The molecule has 14 heavy (non-hydrogen) atoms. The van der Waals surface area contributed by atoms with Crippen LogP contribution in [0.3, 0.4) is 0 Å². The maximum Gasteiger partial charge on any atom is 0.0640 e. The fourth-order valence-corrected chi connectivity index (χ4v) is 1.81. The lowest BCUT2D eigenvalue weighted by Crippen LogP contribution is -2.41. The molecule has 0 bridgehead atoms. The van der Waals surface area contributed by atoms with E-state index in [1.165, 1.54) is 0 Å². The quantitative estimate of drug-likeness (QED) is 0.699. The van der Waals surface area contributed by atoms with Crippen LogP contribution in [0.25, 0.3) is 0 Å². The molecule has 1 aromatic heterocycles. The Morgan fingerprint density at radius 1 is 1.57 bits per heavy atom. The van der Waals surface area contributed by atoms with Crippen molar-refractivity contribution in [2.45, 2.75) is 6.04 Å². The van der Waals surface area contributed by atoms with Gasteiger partial charge in [-0.25, -0.2) is 0 Å². The molecule has 0 amide bonds. The van der Waals surface area contributed by atoms with Crippen LogP contribution in [0.15, 0.2) is 12.3 Å². The second kappa shape index (κ2) is 4.54. The van der Waals surface area contributed by atoms with Gasteiger partial charge in [0.2, 0.25) is 0 Å². The van der Waals surface area contributed by atoms with Gasteiger partial charge in [-0.2, -0.15) is 5.10 Å². The van der Waals surface area contributed by atoms with Crippen molar-refractivity contribution in [3.63, 3.8) is 0 Å². The summed E-state index contributed by atoms with van der Waals surface area (Å²) in [6.07, 6.45) is 1.76. The van der Waals surface area contributed by atoms with Gasteiger partial charge in [0.05, 0.1) is 24.9 Å². The van der Waals surface area contributed by atoms with Gasteiger partial charge in [-0.1, -0.05) is 0 Å². The van der Waals surface area contributed by atoms with Gasteiger partial charge in [-0.3, -0.25) is 10.00 Å². The van der Waals surface area contributed by atoms with Crippen LogP contribution in [-0.2, 0) is 4.74 Å². The van der Waals surface area contributed by atoms with Crippen LogP contribution in [0.1, 0.15) is 11.7 Å². The molecule has 5 nitrogen and oxygen atoms in total. The van der Waals surface area contributed by atoms with Crippen molar-refractivity contribution < 1.29 is 4.74 Å². The second-order valence-electron chi connectivity index (χ2n) is 3.41. The summed E-state index contributed by atoms with van der Waals surface area (Å²) in [5.41, 5.74) is 6.86. The fraction of sp³-hybridized carbons (Fsp3) is 0.667. The Morgan fingerprint density at radius 3 is 2.93 bits per heavy atom. The third kappa shape index (κ3) is 1.95. The van der Waals surface area contributed by atoms with Crippen LogP contribution in [0.5, 0.6) is 0 Å². The summed E-state index contributed by atoms with van der Waals surface area (Å²) in [7, 11) is 0. The van der Waals surface area contributed by atoms with Gasteiger partial charge in [0.25, 0.3) is 0 Å². The number of ether oxygens (including phenoxy) is 1. The lowest BCUT2D eigenvalue weighted by atomic mass is 10.1. The van der Waals surface area contributed by atoms with Crippen LogP contribution in [0, 0.1) is 0 Å². The highest BCUT2D eigenvalue weighted by molar-refractivity contribution is 5.05. The summed E-state index contributed by atoms with van der Waals surface area (Å²) in [6, 6.07) is 2.23. The molecule has 1 saturated heterocycles. The molecule has 1 aromatic rings. The third-order valence-corrected chi connectivity index (χ3v) is 2.59. The van der Waals surface area contributed by atoms with E-state index >= 15 is 0 Å². The molecule has 2 rings (SSSR count). The average Bonchev–Trinajstić information content (AvgIpc) is 2.74. The highest BCUT2D eigenvalue weighted by atomic mass is 16.5. The number of hydrogen-bond donors (Lipinski definition) is 2. The van der Waals surface area contributed by atoms with Gasteiger partial charge in [0.15, 0.2) is 0 Å². The zero-order chi connectivity index (χ0) is 9.80. The lowest BCUT2D eigenvalue weighted by Gasteiger charge is -2.32. The minimum Gasteiger partial charge on any atom is -0.379 e. The number of nitrogens with zero attached hydrogens (tertiary/aromatic N) is 2. The molecule has 1 fully saturated rings. The van der Waals surface area contributed by atoms with E-state index in [0.717, 1.165) is 32.0 Å². The summed E-state index contributed by atoms with van der Waals surface area (Å²) in [5.74, 6) is 0. The number of hydrogen-bond acceptors (Lipinski definition) is 4. The Balaban J connectivity index is 2.04. The highest BCUT2D eigenvalue weighted by Gasteiger charge is 2.21. The zero-order valence-corrected chi connectivity index (χ0v) is 8.15. The molecule has 1 aliphatic heterocycles. The molecular formula is C9H16N4O. The Morgan fingerprint density at radius 2 is 2.36 bits per heavy atom. The van der Waals surface area contributed by atoms with E-state index in [0.29, 0.717) is 6.54 Å². The predicted octanol–water partition coefficient (Wildman–Crippen LogP) is -0.258. The van der Waals surface area contributed by atoms with Gasteiger partial charge in [-0.05, 0) is 6.07 Å². The molecule has 0 saturated carbocycles. The summed E-state index contributed by atoms with van der Waals surface area (Å²) >= 11 is 0. The van der Waals surface area contributed by atoms with Crippen LogP contribution >= 0.6 is 0 Å². The number of nitrogens with one attached hydrogen (secondary N) is 1.